The lowest BCUT2D eigenvalue weighted by molar-refractivity contribution is -0.385. The largest absolute Gasteiger partial charge is 0.506 e. The van der Waals surface area contributed by atoms with Gasteiger partial charge in [0, 0.05) is 17.5 Å². The molecule has 0 saturated heterocycles. The quantitative estimate of drug-likeness (QED) is 0.264. The van der Waals surface area contributed by atoms with Crippen molar-refractivity contribution in [1.82, 2.24) is 0 Å². The molecule has 0 spiro atoms. The van der Waals surface area contributed by atoms with Gasteiger partial charge in [-0.2, -0.15) is 8.42 Å². The molecule has 10 nitrogen and oxygen atoms in total. The number of benzene rings is 3. The lowest BCUT2D eigenvalue weighted by atomic mass is 10.1. The van der Waals surface area contributed by atoms with E-state index in [0.29, 0.717) is 11.5 Å². The van der Waals surface area contributed by atoms with E-state index < -0.39 is 37.1 Å². The molecule has 138 valence electrons. The van der Waals surface area contributed by atoms with Crippen LogP contribution in [-0.2, 0) is 10.1 Å². The van der Waals surface area contributed by atoms with Gasteiger partial charge in [-0.1, -0.05) is 30.3 Å². The zero-order valence-corrected chi connectivity index (χ0v) is 14.2. The van der Waals surface area contributed by atoms with Crippen molar-refractivity contribution in [2.45, 2.75) is 4.90 Å². The number of nitro groups is 1. The van der Waals surface area contributed by atoms with Crippen LogP contribution >= 0.6 is 0 Å². The van der Waals surface area contributed by atoms with Gasteiger partial charge in [-0.25, -0.2) is 0 Å². The summed E-state index contributed by atoms with van der Waals surface area (Å²) in [7, 11) is -4.94. The minimum absolute atomic E-state index is 0.0208. The van der Waals surface area contributed by atoms with Crippen LogP contribution in [0.3, 0.4) is 0 Å². The van der Waals surface area contributed by atoms with Crippen LogP contribution < -0.4 is 0 Å². The molecule has 0 saturated carbocycles. The molecule has 3 aromatic carbocycles. The molecule has 0 aliphatic heterocycles. The Labute approximate surface area is 151 Å². The Hall–Kier alpha value is -3.57. The highest BCUT2D eigenvalue weighted by Crippen LogP contribution is 2.40. The fourth-order valence-corrected chi connectivity index (χ4v) is 3.03. The first kappa shape index (κ1) is 18.2. The predicted molar refractivity (Wildman–Crippen MR) is 94.4 cm³/mol. The number of aromatic hydroxyl groups is 2. The molecule has 0 aliphatic rings. The summed E-state index contributed by atoms with van der Waals surface area (Å²) in [5.74, 6) is -1.25. The molecule has 3 rings (SSSR count). The van der Waals surface area contributed by atoms with Crippen LogP contribution in [0.15, 0.2) is 63.7 Å². The maximum Gasteiger partial charge on any atom is 0.298 e. The number of fused-ring (bicyclic) bond motifs is 1. The van der Waals surface area contributed by atoms with E-state index in [1.807, 2.05) is 0 Å². The van der Waals surface area contributed by atoms with E-state index in [0.717, 1.165) is 11.5 Å². The number of nitrogens with zero attached hydrogens (tertiary/aromatic N) is 3. The Kier molecular flexibility index (Phi) is 4.47. The van der Waals surface area contributed by atoms with Gasteiger partial charge >= 0.3 is 0 Å². The van der Waals surface area contributed by atoms with E-state index >= 15 is 0 Å². The standard InChI is InChI=1S/C16H11N3O7S/c20-13-6-5-9-3-1-2-4-11(9)15(13)18-17-12-7-10(19(22)23)8-14(16(12)21)27(24,25)26/h1-8,20-21H,(H,24,25,26)/b18-17+. The van der Waals surface area contributed by atoms with E-state index in [2.05, 4.69) is 10.2 Å². The Morgan fingerprint density at radius 1 is 1.00 bits per heavy atom. The SMILES string of the molecule is O=[N+]([O-])c1cc(/N=N/c2c(O)ccc3ccccc23)c(O)c(S(=O)(=O)O)c1. The first-order chi connectivity index (χ1) is 12.7. The summed E-state index contributed by atoms with van der Waals surface area (Å²) in [5, 5.41) is 39.7. The normalized spacial score (nSPS) is 11.9. The summed E-state index contributed by atoms with van der Waals surface area (Å²) in [6, 6.07) is 11.2. The number of phenols is 2. The maximum atomic E-state index is 11.3. The van der Waals surface area contributed by atoms with Crippen molar-refractivity contribution >= 4 is 38.0 Å². The zero-order chi connectivity index (χ0) is 19.8. The monoisotopic (exact) mass is 389 g/mol. The van der Waals surface area contributed by atoms with Crippen LogP contribution in [0.5, 0.6) is 11.5 Å². The molecule has 0 aliphatic carbocycles. The smallest absolute Gasteiger partial charge is 0.298 e. The zero-order valence-electron chi connectivity index (χ0n) is 13.3. The number of azo groups is 1. The Bertz CT molecular complexity index is 1210. The van der Waals surface area contributed by atoms with Gasteiger partial charge in [0.25, 0.3) is 15.8 Å². The highest BCUT2D eigenvalue weighted by atomic mass is 32.2. The molecule has 0 fully saturated rings. The van der Waals surface area contributed by atoms with Crippen LogP contribution in [0.1, 0.15) is 0 Å². The van der Waals surface area contributed by atoms with Crippen molar-refractivity contribution in [1.29, 1.82) is 0 Å². The van der Waals surface area contributed by atoms with Crippen molar-refractivity contribution in [2.75, 3.05) is 0 Å². The molecule has 0 bridgehead atoms. The number of phenolic OH excluding ortho intramolecular Hbond substituents is 2. The topological polar surface area (TPSA) is 163 Å². The molecule has 0 radical (unpaired) electrons. The molecule has 0 atom stereocenters. The number of non-ortho nitro benzene ring substituents is 1. The highest BCUT2D eigenvalue weighted by molar-refractivity contribution is 7.86. The summed E-state index contributed by atoms with van der Waals surface area (Å²) < 4.78 is 31.8. The lowest BCUT2D eigenvalue weighted by Gasteiger charge is -2.06. The van der Waals surface area contributed by atoms with Gasteiger partial charge in [-0.15, -0.1) is 10.2 Å². The number of nitro benzene ring substituents is 1. The Morgan fingerprint density at radius 3 is 2.37 bits per heavy atom. The first-order valence-electron chi connectivity index (χ1n) is 7.30. The summed E-state index contributed by atoms with van der Waals surface area (Å²) in [6.45, 7) is 0. The van der Waals surface area contributed by atoms with E-state index in [9.17, 15) is 28.7 Å². The third kappa shape index (κ3) is 3.54. The van der Waals surface area contributed by atoms with Gasteiger partial charge in [0.1, 0.15) is 22.0 Å². The van der Waals surface area contributed by atoms with Crippen LogP contribution in [0, 0.1) is 10.1 Å². The number of hydrogen-bond donors (Lipinski definition) is 3. The molecular weight excluding hydrogens is 378 g/mol. The number of rotatable bonds is 4. The van der Waals surface area contributed by atoms with Gasteiger partial charge in [-0.3, -0.25) is 14.7 Å². The first-order valence-corrected chi connectivity index (χ1v) is 8.74. The van der Waals surface area contributed by atoms with E-state index in [4.69, 9.17) is 4.55 Å². The number of hydrogen-bond acceptors (Lipinski definition) is 8. The summed E-state index contributed by atoms with van der Waals surface area (Å²) in [5.41, 5.74) is -1.27. The molecular formula is C16H11N3O7S. The third-order valence-corrected chi connectivity index (χ3v) is 4.53. The third-order valence-electron chi connectivity index (χ3n) is 3.67. The highest BCUT2D eigenvalue weighted by Gasteiger charge is 2.24. The average molecular weight is 389 g/mol. The maximum absolute atomic E-state index is 11.3. The molecule has 0 heterocycles. The second-order valence-corrected chi connectivity index (χ2v) is 6.79. The summed E-state index contributed by atoms with van der Waals surface area (Å²) in [6.07, 6.45) is 0. The molecule has 3 aromatic rings. The summed E-state index contributed by atoms with van der Waals surface area (Å²) in [4.78, 5) is 8.99. The van der Waals surface area contributed by atoms with Crippen molar-refractivity contribution in [2.24, 2.45) is 10.2 Å². The van der Waals surface area contributed by atoms with Gasteiger partial charge in [-0.05, 0) is 11.5 Å². The predicted octanol–water partition coefficient (Wildman–Crippen LogP) is 3.82. The molecule has 0 aromatic heterocycles. The second kappa shape index (κ2) is 6.63. The van der Waals surface area contributed by atoms with Crippen molar-refractivity contribution in [3.8, 4) is 11.5 Å². The van der Waals surface area contributed by atoms with Gasteiger partial charge in [0.15, 0.2) is 5.75 Å². The second-order valence-electron chi connectivity index (χ2n) is 5.40. The fraction of sp³-hybridized carbons (Fsp3) is 0. The van der Waals surface area contributed by atoms with Crippen molar-refractivity contribution in [3.63, 3.8) is 0 Å². The average Bonchev–Trinajstić information content (AvgIpc) is 2.60. The van der Waals surface area contributed by atoms with Crippen molar-refractivity contribution in [3.05, 3.63) is 58.6 Å². The minimum atomic E-state index is -4.94. The lowest BCUT2D eigenvalue weighted by Crippen LogP contribution is -2.00. The fourth-order valence-electron chi connectivity index (χ4n) is 2.41. The van der Waals surface area contributed by atoms with E-state index in [1.165, 1.54) is 6.07 Å². The molecule has 27 heavy (non-hydrogen) atoms. The van der Waals surface area contributed by atoms with Gasteiger partial charge in [0.2, 0.25) is 0 Å². The Balaban J connectivity index is 2.20. The van der Waals surface area contributed by atoms with Crippen LogP contribution in [0.25, 0.3) is 10.8 Å². The van der Waals surface area contributed by atoms with E-state index in [-0.39, 0.29) is 11.4 Å². The van der Waals surface area contributed by atoms with Crippen molar-refractivity contribution < 1.29 is 28.1 Å². The van der Waals surface area contributed by atoms with Crippen LogP contribution in [0.2, 0.25) is 0 Å². The minimum Gasteiger partial charge on any atom is -0.506 e. The van der Waals surface area contributed by atoms with E-state index in [1.54, 1.807) is 30.3 Å². The molecule has 11 heteroatoms. The summed E-state index contributed by atoms with van der Waals surface area (Å²) >= 11 is 0. The van der Waals surface area contributed by atoms with Crippen LogP contribution in [-0.4, -0.2) is 28.1 Å². The van der Waals surface area contributed by atoms with Crippen LogP contribution in [0.4, 0.5) is 17.1 Å². The molecule has 0 amide bonds. The van der Waals surface area contributed by atoms with Gasteiger partial charge < -0.3 is 10.2 Å². The molecule has 0 unspecified atom stereocenters. The molecule has 3 N–H and O–H groups in total. The Morgan fingerprint density at radius 2 is 1.70 bits per heavy atom. The van der Waals surface area contributed by atoms with Gasteiger partial charge in [0.05, 0.1) is 4.92 Å².